The predicted molar refractivity (Wildman–Crippen MR) is 198 cm³/mol. The van der Waals surface area contributed by atoms with Gasteiger partial charge in [-0.2, -0.15) is 0 Å². The van der Waals surface area contributed by atoms with Crippen molar-refractivity contribution in [2.24, 2.45) is 4.99 Å². The number of phenols is 1. The molecule has 0 unspecified atom stereocenters. The van der Waals surface area contributed by atoms with Crippen molar-refractivity contribution < 1.29 is 39.5 Å². The number of aliphatic imine (C=N–C) groups is 1. The fourth-order valence-corrected chi connectivity index (χ4v) is 6.27. The van der Waals surface area contributed by atoms with Crippen LogP contribution in [0.15, 0.2) is 90.3 Å². The van der Waals surface area contributed by atoms with E-state index in [1.165, 1.54) is 0 Å². The highest BCUT2D eigenvalue weighted by Gasteiger charge is 2.37. The van der Waals surface area contributed by atoms with E-state index in [-0.39, 0.29) is 23.8 Å². The fraction of sp³-hybridized carbons (Fsp3) is 0.282. The van der Waals surface area contributed by atoms with Gasteiger partial charge in [-0.15, -0.1) is 0 Å². The number of rotatable bonds is 7. The van der Waals surface area contributed by atoms with Gasteiger partial charge < -0.3 is 34.8 Å². The van der Waals surface area contributed by atoms with Gasteiger partial charge in [0.2, 0.25) is 5.95 Å². The van der Waals surface area contributed by atoms with Crippen molar-refractivity contribution in [3.63, 3.8) is 0 Å². The van der Waals surface area contributed by atoms with Crippen molar-refractivity contribution in [1.82, 2.24) is 15.0 Å². The molecule has 270 valence electrons. The quantitative estimate of drug-likeness (QED) is 0.121. The second-order valence-corrected chi connectivity index (χ2v) is 12.4. The number of ether oxygens (including phenoxy) is 2. The Labute approximate surface area is 300 Å². The molecule has 3 atom stereocenters. The second-order valence-electron chi connectivity index (χ2n) is 12.4. The normalized spacial score (nSPS) is 17.4. The van der Waals surface area contributed by atoms with Gasteiger partial charge in [0.25, 0.3) is 0 Å². The molecule has 1 fully saturated rings. The molecule has 52 heavy (non-hydrogen) atoms. The summed E-state index contributed by atoms with van der Waals surface area (Å²) in [4.78, 5) is 39.3. The van der Waals surface area contributed by atoms with Crippen LogP contribution in [-0.2, 0) is 9.59 Å². The van der Waals surface area contributed by atoms with Crippen molar-refractivity contribution in [1.29, 1.82) is 0 Å². The largest absolute Gasteiger partial charge is 0.508 e. The van der Waals surface area contributed by atoms with Crippen LogP contribution < -0.4 is 14.4 Å². The number of carboxylic acids is 2. The first kappa shape index (κ1) is 37.2. The number of pyridine rings is 1. The number of aromatic nitrogens is 3. The first-order valence-corrected chi connectivity index (χ1v) is 16.7. The van der Waals surface area contributed by atoms with E-state index in [1.807, 2.05) is 80.9 Å². The molecule has 5 aromatic rings. The number of carbonyl (C=O) groups is 2. The Kier molecular flexibility index (Phi) is 12.0. The number of aliphatic carboxylic acids is 2. The summed E-state index contributed by atoms with van der Waals surface area (Å²) in [5.41, 5.74) is 4.82. The lowest BCUT2D eigenvalue weighted by Gasteiger charge is -2.37. The van der Waals surface area contributed by atoms with Crippen molar-refractivity contribution >= 4 is 45.3 Å². The van der Waals surface area contributed by atoms with E-state index < -0.39 is 11.9 Å². The second kappa shape index (κ2) is 16.8. The van der Waals surface area contributed by atoms with Crippen molar-refractivity contribution in [3.8, 4) is 17.2 Å². The predicted octanol–water partition coefficient (Wildman–Crippen LogP) is 5.60. The third-order valence-electron chi connectivity index (χ3n) is 8.63. The molecule has 3 heterocycles. The van der Waals surface area contributed by atoms with E-state index in [0.29, 0.717) is 36.9 Å². The Hall–Kier alpha value is -6.08. The Morgan fingerprint density at radius 2 is 1.62 bits per heavy atom. The minimum absolute atomic E-state index is 0.136. The number of phenolic OH excluding ortho intramolecular Hbond substituents is 1. The monoisotopic (exact) mass is 707 g/mol. The van der Waals surface area contributed by atoms with Gasteiger partial charge in [-0.1, -0.05) is 24.3 Å². The maximum Gasteiger partial charge on any atom is 0.328 e. The van der Waals surface area contributed by atoms with Crippen LogP contribution in [0.25, 0.3) is 21.7 Å². The van der Waals surface area contributed by atoms with Crippen LogP contribution in [0, 0.1) is 0 Å². The molecule has 4 N–H and O–H groups in total. The van der Waals surface area contributed by atoms with Crippen LogP contribution in [0.5, 0.6) is 17.2 Å². The molecule has 2 aromatic heterocycles. The van der Waals surface area contributed by atoms with E-state index in [1.54, 1.807) is 19.2 Å². The first-order valence-electron chi connectivity index (χ1n) is 16.7. The lowest BCUT2D eigenvalue weighted by molar-refractivity contribution is -0.134. The number of anilines is 1. The van der Waals surface area contributed by atoms with Crippen LogP contribution in [0.2, 0.25) is 0 Å². The summed E-state index contributed by atoms with van der Waals surface area (Å²) in [6.07, 6.45) is 8.68. The molecule has 0 saturated heterocycles. The number of hydrogen-bond acceptors (Lipinski definition) is 11. The molecule has 1 saturated carbocycles. The van der Waals surface area contributed by atoms with Gasteiger partial charge in [0.1, 0.15) is 5.75 Å². The van der Waals surface area contributed by atoms with Crippen molar-refractivity contribution in [3.05, 3.63) is 102 Å². The Bertz CT molecular complexity index is 2100. The third kappa shape index (κ3) is 8.79. The maximum atomic E-state index is 10.3. The van der Waals surface area contributed by atoms with Crippen molar-refractivity contribution in [2.75, 3.05) is 32.7 Å². The molecule has 0 bridgehead atoms. The van der Waals surface area contributed by atoms with Crippen LogP contribution >= 0.6 is 0 Å². The van der Waals surface area contributed by atoms with Gasteiger partial charge in [0.15, 0.2) is 11.5 Å². The first-order chi connectivity index (χ1) is 25.0. The minimum atomic E-state index is -1.26. The zero-order chi connectivity index (χ0) is 37.4. The number of aromatic hydroxyl groups is 1. The number of aliphatic hydroxyl groups excluding tert-OH is 1. The summed E-state index contributed by atoms with van der Waals surface area (Å²) in [6, 6.07) is 17.5. The molecule has 1 aliphatic heterocycles. The summed E-state index contributed by atoms with van der Waals surface area (Å²) in [5, 5.41) is 38.6. The van der Waals surface area contributed by atoms with Gasteiger partial charge in [-0.05, 0) is 67.5 Å². The van der Waals surface area contributed by atoms with Crippen LogP contribution in [0.4, 0.5) is 5.95 Å². The molecule has 0 radical (unpaired) electrons. The van der Waals surface area contributed by atoms with Gasteiger partial charge >= 0.3 is 11.9 Å². The summed E-state index contributed by atoms with van der Waals surface area (Å²) in [7, 11) is 5.48. The molecular formula is C39H41N5O8. The Morgan fingerprint density at radius 1 is 0.904 bits per heavy atom. The molecule has 2 aliphatic rings. The van der Waals surface area contributed by atoms with E-state index in [2.05, 4.69) is 21.0 Å². The zero-order valence-corrected chi connectivity index (χ0v) is 29.3. The number of aliphatic hydroxyl groups is 1. The Balaban J connectivity index is 0.000000188. The van der Waals surface area contributed by atoms with Crippen molar-refractivity contribution in [2.45, 2.75) is 44.2 Å². The topological polar surface area (TPSA) is 188 Å². The van der Waals surface area contributed by atoms with Gasteiger partial charge in [-0.25, -0.2) is 19.6 Å². The third-order valence-corrected chi connectivity index (χ3v) is 8.63. The molecule has 13 nitrogen and oxygen atoms in total. The SMILES string of the molecule is CCOc1cc2c(cc1OC)C(c1cnc(N(C)C)nc1)=N[C@@H]1CC[C@@H](O)C[C@H]21.O=C(O)/C=C/C(=O)O.Oc1ccc2ncc3ccccc3c2c1. The molecular weight excluding hydrogens is 666 g/mol. The molecule has 13 heteroatoms. The van der Waals surface area contributed by atoms with Gasteiger partial charge in [0, 0.05) is 72.7 Å². The minimum Gasteiger partial charge on any atom is -0.508 e. The van der Waals surface area contributed by atoms with E-state index in [0.717, 1.165) is 62.7 Å². The lowest BCUT2D eigenvalue weighted by Crippen LogP contribution is -2.34. The Morgan fingerprint density at radius 3 is 2.27 bits per heavy atom. The molecule has 7 rings (SSSR count). The summed E-state index contributed by atoms with van der Waals surface area (Å²) >= 11 is 0. The zero-order valence-electron chi connectivity index (χ0n) is 29.3. The number of carboxylic acid groups (broad SMARTS) is 2. The summed E-state index contributed by atoms with van der Waals surface area (Å²) in [6.45, 7) is 2.52. The highest BCUT2D eigenvalue weighted by atomic mass is 16.5. The lowest BCUT2D eigenvalue weighted by atomic mass is 9.74. The van der Waals surface area contributed by atoms with E-state index >= 15 is 0 Å². The van der Waals surface area contributed by atoms with E-state index in [4.69, 9.17) is 24.7 Å². The van der Waals surface area contributed by atoms with Gasteiger partial charge in [-0.3, -0.25) is 9.98 Å². The summed E-state index contributed by atoms with van der Waals surface area (Å²) < 4.78 is 11.4. The number of hydrogen-bond donors (Lipinski definition) is 4. The average Bonchev–Trinajstić information content (AvgIpc) is 3.14. The van der Waals surface area contributed by atoms with Crippen LogP contribution in [-0.4, -0.2) is 93.0 Å². The van der Waals surface area contributed by atoms with Gasteiger partial charge in [0.05, 0.1) is 37.1 Å². The summed E-state index contributed by atoms with van der Waals surface area (Å²) in [5.74, 6) is 0.00492. The fourth-order valence-electron chi connectivity index (χ4n) is 6.27. The highest BCUT2D eigenvalue weighted by molar-refractivity contribution is 6.14. The molecule has 3 aromatic carbocycles. The molecule has 0 spiro atoms. The average molecular weight is 708 g/mol. The van der Waals surface area contributed by atoms with E-state index in [9.17, 15) is 19.8 Å². The van der Waals surface area contributed by atoms with Crippen LogP contribution in [0.1, 0.15) is 48.8 Å². The highest BCUT2D eigenvalue weighted by Crippen LogP contribution is 2.45. The smallest absolute Gasteiger partial charge is 0.328 e. The number of nitrogens with zero attached hydrogens (tertiary/aromatic N) is 5. The number of benzene rings is 3. The maximum absolute atomic E-state index is 10.3. The number of methoxy groups -OCH3 is 1. The molecule has 1 aliphatic carbocycles. The standard InChI is InChI=1S/C22H28N4O3.C13H9NO.C4H4O4/c1-5-29-20-9-15-16-8-14(27)6-7-18(16)25-21(17(15)10-19(20)28-4)13-11-23-22(24-12-13)26(2)3;15-10-5-6-13-12(7-10)11-4-2-1-3-9(11)8-14-13;5-3(6)1-2-4(7)8/h9-12,14,16,18,27H,5-8H2,1-4H3;1-8,15H;1-2H,(H,5,6)(H,7,8)/b;;2-1+/t14-,16-,18-;;/m1../s1. The van der Waals surface area contributed by atoms with Crippen LogP contribution in [0.3, 0.4) is 0 Å². The molecule has 0 amide bonds. The number of fused-ring (bicyclic) bond motifs is 6.